The van der Waals surface area contributed by atoms with Crippen molar-refractivity contribution in [1.82, 2.24) is 29.5 Å². The SMILES string of the molecule is O=[N+]([O-])c1ccc(CCN2CCN(CCCc3c[nH]c4ccc(-n5cnnc5)cc34)CC2)cc1. The molecule has 1 fully saturated rings. The highest BCUT2D eigenvalue weighted by Crippen LogP contribution is 2.23. The minimum atomic E-state index is -0.349. The van der Waals surface area contributed by atoms with Crippen LogP contribution < -0.4 is 0 Å². The van der Waals surface area contributed by atoms with Crippen LogP contribution >= 0.6 is 0 Å². The molecule has 1 saturated heterocycles. The molecule has 9 heteroatoms. The largest absolute Gasteiger partial charge is 0.361 e. The van der Waals surface area contributed by atoms with Crippen molar-refractivity contribution in [3.8, 4) is 5.69 Å². The van der Waals surface area contributed by atoms with Crippen LogP contribution in [0.1, 0.15) is 17.5 Å². The lowest BCUT2D eigenvalue weighted by atomic mass is 10.1. The second-order valence-electron chi connectivity index (χ2n) is 8.87. The fourth-order valence-corrected chi connectivity index (χ4v) is 4.67. The zero-order valence-corrected chi connectivity index (χ0v) is 19.1. The lowest BCUT2D eigenvalue weighted by Gasteiger charge is -2.34. The van der Waals surface area contributed by atoms with Crippen molar-refractivity contribution >= 4 is 16.6 Å². The Bertz CT molecular complexity index is 1230. The third-order valence-corrected chi connectivity index (χ3v) is 6.72. The first-order valence-electron chi connectivity index (χ1n) is 11.8. The van der Waals surface area contributed by atoms with E-state index in [1.54, 1.807) is 24.8 Å². The molecule has 5 rings (SSSR count). The highest BCUT2D eigenvalue weighted by atomic mass is 16.6. The maximum atomic E-state index is 10.8. The van der Waals surface area contributed by atoms with Crippen molar-refractivity contribution in [3.63, 3.8) is 0 Å². The average molecular weight is 460 g/mol. The van der Waals surface area contributed by atoms with Gasteiger partial charge in [0.2, 0.25) is 0 Å². The fourth-order valence-electron chi connectivity index (χ4n) is 4.67. The normalized spacial score (nSPS) is 15.2. The molecule has 176 valence electrons. The van der Waals surface area contributed by atoms with Gasteiger partial charge in [0, 0.05) is 67.6 Å². The molecule has 1 N–H and O–H groups in total. The monoisotopic (exact) mass is 459 g/mol. The molecule has 9 nitrogen and oxygen atoms in total. The zero-order chi connectivity index (χ0) is 23.3. The number of benzene rings is 2. The number of aromatic amines is 1. The molecule has 34 heavy (non-hydrogen) atoms. The van der Waals surface area contributed by atoms with Crippen LogP contribution in [0, 0.1) is 10.1 Å². The number of nitro benzene ring substituents is 1. The van der Waals surface area contributed by atoms with Gasteiger partial charge < -0.3 is 14.8 Å². The molecule has 4 aromatic rings. The van der Waals surface area contributed by atoms with Gasteiger partial charge in [0.05, 0.1) is 4.92 Å². The number of aromatic nitrogens is 4. The molecule has 0 bridgehead atoms. The Morgan fingerprint density at radius 2 is 1.62 bits per heavy atom. The third kappa shape index (κ3) is 5.16. The quantitative estimate of drug-likeness (QED) is 0.304. The van der Waals surface area contributed by atoms with Gasteiger partial charge in [-0.05, 0) is 55.1 Å². The van der Waals surface area contributed by atoms with E-state index in [-0.39, 0.29) is 10.6 Å². The summed E-state index contributed by atoms with van der Waals surface area (Å²) in [7, 11) is 0. The van der Waals surface area contributed by atoms with Crippen LogP contribution in [0.3, 0.4) is 0 Å². The van der Waals surface area contributed by atoms with Gasteiger partial charge in [-0.2, -0.15) is 0 Å². The second kappa shape index (κ2) is 10.1. The van der Waals surface area contributed by atoms with E-state index in [4.69, 9.17) is 0 Å². The van der Waals surface area contributed by atoms with E-state index >= 15 is 0 Å². The van der Waals surface area contributed by atoms with Gasteiger partial charge in [-0.15, -0.1) is 10.2 Å². The number of aryl methyl sites for hydroxylation is 1. The minimum absolute atomic E-state index is 0.154. The first-order valence-corrected chi connectivity index (χ1v) is 11.8. The molecule has 2 aromatic heterocycles. The maximum absolute atomic E-state index is 10.8. The molecule has 1 aliphatic heterocycles. The standard InChI is InChI=1S/C25H29N7O2/c33-32(34)22-5-3-20(4-6-22)9-11-30-14-12-29(13-15-30)10-1-2-21-17-26-25-8-7-23(16-24(21)25)31-18-27-28-19-31/h3-8,16-19,26H,1-2,9-15H2. The van der Waals surface area contributed by atoms with Crippen molar-refractivity contribution in [2.45, 2.75) is 19.3 Å². The summed E-state index contributed by atoms with van der Waals surface area (Å²) in [6, 6.07) is 13.3. The first-order chi connectivity index (χ1) is 16.7. The van der Waals surface area contributed by atoms with E-state index in [1.807, 2.05) is 16.7 Å². The van der Waals surface area contributed by atoms with E-state index in [9.17, 15) is 10.1 Å². The van der Waals surface area contributed by atoms with Crippen molar-refractivity contribution in [3.05, 3.63) is 82.6 Å². The van der Waals surface area contributed by atoms with Crippen LogP contribution in [0.2, 0.25) is 0 Å². The number of nitro groups is 1. The summed E-state index contributed by atoms with van der Waals surface area (Å²) in [5.41, 5.74) is 4.89. The number of hydrogen-bond acceptors (Lipinski definition) is 6. The Kier molecular flexibility index (Phi) is 6.64. The lowest BCUT2D eigenvalue weighted by Crippen LogP contribution is -2.47. The average Bonchev–Trinajstić information content (AvgIpc) is 3.54. The Balaban J connectivity index is 1.07. The summed E-state index contributed by atoms with van der Waals surface area (Å²) < 4.78 is 1.93. The fraction of sp³-hybridized carbons (Fsp3) is 0.360. The Hall–Kier alpha value is -3.56. The number of piperazine rings is 1. The number of nitrogens with zero attached hydrogens (tertiary/aromatic N) is 6. The van der Waals surface area contributed by atoms with Crippen LogP contribution in [0.5, 0.6) is 0 Å². The van der Waals surface area contributed by atoms with Crippen molar-refractivity contribution in [2.75, 3.05) is 39.3 Å². The molecule has 3 heterocycles. The smallest absolute Gasteiger partial charge is 0.269 e. The van der Waals surface area contributed by atoms with Crippen LogP contribution in [-0.4, -0.2) is 73.7 Å². The molecule has 0 atom stereocenters. The number of nitrogens with one attached hydrogen (secondary N) is 1. The van der Waals surface area contributed by atoms with Crippen molar-refractivity contribution < 1.29 is 4.92 Å². The Labute approximate surface area is 198 Å². The second-order valence-corrected chi connectivity index (χ2v) is 8.87. The van der Waals surface area contributed by atoms with Crippen LogP contribution in [0.25, 0.3) is 16.6 Å². The molecule has 0 radical (unpaired) electrons. The summed E-state index contributed by atoms with van der Waals surface area (Å²) in [6.07, 6.45) is 8.68. The number of fused-ring (bicyclic) bond motifs is 1. The van der Waals surface area contributed by atoms with Gasteiger partial charge >= 0.3 is 0 Å². The van der Waals surface area contributed by atoms with E-state index in [0.29, 0.717) is 0 Å². The van der Waals surface area contributed by atoms with E-state index < -0.39 is 0 Å². The summed E-state index contributed by atoms with van der Waals surface area (Å²) in [4.78, 5) is 18.9. The highest BCUT2D eigenvalue weighted by molar-refractivity contribution is 5.85. The molecular formula is C25H29N7O2. The topological polar surface area (TPSA) is 96.1 Å². The van der Waals surface area contributed by atoms with Gasteiger partial charge in [0.25, 0.3) is 5.69 Å². The van der Waals surface area contributed by atoms with Crippen molar-refractivity contribution in [2.24, 2.45) is 0 Å². The number of rotatable bonds is 9. The van der Waals surface area contributed by atoms with Gasteiger partial charge in [-0.1, -0.05) is 12.1 Å². The lowest BCUT2D eigenvalue weighted by molar-refractivity contribution is -0.384. The maximum Gasteiger partial charge on any atom is 0.269 e. The molecule has 0 amide bonds. The van der Waals surface area contributed by atoms with E-state index in [1.165, 1.54) is 10.9 Å². The third-order valence-electron chi connectivity index (χ3n) is 6.72. The summed E-state index contributed by atoms with van der Waals surface area (Å²) in [5.74, 6) is 0. The number of H-pyrrole nitrogens is 1. The van der Waals surface area contributed by atoms with Crippen molar-refractivity contribution in [1.29, 1.82) is 0 Å². The molecule has 0 saturated carbocycles. The van der Waals surface area contributed by atoms with E-state index in [0.717, 1.165) is 75.3 Å². The number of non-ortho nitro benzene ring substituents is 1. The Morgan fingerprint density at radius 1 is 0.912 bits per heavy atom. The van der Waals surface area contributed by atoms with Gasteiger partial charge in [-0.25, -0.2) is 0 Å². The molecule has 2 aromatic carbocycles. The first kappa shape index (κ1) is 22.2. The molecule has 0 aliphatic carbocycles. The van der Waals surface area contributed by atoms with Gasteiger partial charge in [-0.3, -0.25) is 14.7 Å². The van der Waals surface area contributed by atoms with Gasteiger partial charge in [0.1, 0.15) is 12.7 Å². The minimum Gasteiger partial charge on any atom is -0.361 e. The zero-order valence-electron chi connectivity index (χ0n) is 19.1. The summed E-state index contributed by atoms with van der Waals surface area (Å²) in [6.45, 7) is 6.42. The highest BCUT2D eigenvalue weighted by Gasteiger charge is 2.17. The summed E-state index contributed by atoms with van der Waals surface area (Å²) >= 11 is 0. The van der Waals surface area contributed by atoms with Gasteiger partial charge in [0.15, 0.2) is 0 Å². The molecule has 0 spiro atoms. The predicted molar refractivity (Wildman–Crippen MR) is 131 cm³/mol. The Morgan fingerprint density at radius 3 is 2.32 bits per heavy atom. The summed E-state index contributed by atoms with van der Waals surface area (Å²) in [5, 5.41) is 19.9. The molecular weight excluding hydrogens is 430 g/mol. The van der Waals surface area contributed by atoms with Crippen LogP contribution in [-0.2, 0) is 12.8 Å². The van der Waals surface area contributed by atoms with Crippen LogP contribution in [0.4, 0.5) is 5.69 Å². The number of hydrogen-bond donors (Lipinski definition) is 1. The predicted octanol–water partition coefficient (Wildman–Crippen LogP) is 3.45. The van der Waals surface area contributed by atoms with Crippen LogP contribution in [0.15, 0.2) is 61.3 Å². The molecule has 1 aliphatic rings. The van der Waals surface area contributed by atoms with E-state index in [2.05, 4.69) is 49.4 Å². The molecule has 0 unspecified atom stereocenters.